The van der Waals surface area contributed by atoms with Gasteiger partial charge in [0, 0.05) is 23.6 Å². The molecule has 0 aliphatic rings. The van der Waals surface area contributed by atoms with Gasteiger partial charge in [-0.25, -0.2) is 4.79 Å². The molecule has 0 atom stereocenters. The second-order valence-corrected chi connectivity index (χ2v) is 6.04. The molecule has 0 amide bonds. The van der Waals surface area contributed by atoms with Crippen molar-refractivity contribution in [2.24, 2.45) is 0 Å². The van der Waals surface area contributed by atoms with E-state index in [4.69, 9.17) is 4.74 Å². The number of nitrogens with zero attached hydrogens (tertiary/aromatic N) is 1. The molecule has 1 heterocycles. The zero-order valence-corrected chi connectivity index (χ0v) is 13.8. The van der Waals surface area contributed by atoms with Gasteiger partial charge in [-0.2, -0.15) is 0 Å². The van der Waals surface area contributed by atoms with Crippen molar-refractivity contribution < 1.29 is 14.6 Å². The van der Waals surface area contributed by atoms with Gasteiger partial charge in [0.15, 0.2) is 0 Å². The van der Waals surface area contributed by atoms with Gasteiger partial charge in [0.05, 0.1) is 12.7 Å². The molecule has 0 radical (unpaired) electrons. The Morgan fingerprint density at radius 2 is 1.84 bits per heavy atom. The molecule has 0 aliphatic carbocycles. The number of rotatable bonds is 4. The van der Waals surface area contributed by atoms with Crippen LogP contribution >= 0.6 is 0 Å². The number of hydrogen-bond acceptors (Lipinski definition) is 2. The van der Waals surface area contributed by atoms with Crippen molar-refractivity contribution in [2.45, 2.75) is 6.54 Å². The van der Waals surface area contributed by atoms with Gasteiger partial charge < -0.3 is 14.4 Å². The second kappa shape index (κ2) is 5.98. The summed E-state index contributed by atoms with van der Waals surface area (Å²) in [6.45, 7) is 0.612. The van der Waals surface area contributed by atoms with Crippen molar-refractivity contribution in [3.05, 3.63) is 78.0 Å². The van der Waals surface area contributed by atoms with Crippen LogP contribution in [0.5, 0.6) is 5.75 Å². The third kappa shape index (κ3) is 2.72. The van der Waals surface area contributed by atoms with Crippen LogP contribution in [0.25, 0.3) is 21.7 Å². The molecule has 124 valence electrons. The van der Waals surface area contributed by atoms with Crippen molar-refractivity contribution in [3.8, 4) is 5.75 Å². The van der Waals surface area contributed by atoms with Crippen LogP contribution in [0.3, 0.4) is 0 Å². The molecule has 1 aromatic heterocycles. The molecule has 0 saturated carbocycles. The predicted octanol–water partition coefficient (Wildman–Crippen LogP) is 4.55. The summed E-state index contributed by atoms with van der Waals surface area (Å²) in [6, 6.07) is 20.1. The van der Waals surface area contributed by atoms with E-state index >= 15 is 0 Å². The van der Waals surface area contributed by atoms with Crippen LogP contribution in [0.2, 0.25) is 0 Å². The lowest BCUT2D eigenvalue weighted by Gasteiger charge is -2.08. The number of ether oxygens (including phenoxy) is 1. The topological polar surface area (TPSA) is 51.5 Å². The minimum atomic E-state index is -0.935. The number of carboxylic acid groups (broad SMARTS) is 1. The smallest absolute Gasteiger partial charge is 0.337 e. The fourth-order valence-corrected chi connectivity index (χ4v) is 3.24. The number of carboxylic acids is 1. The first-order chi connectivity index (χ1) is 12.2. The number of carbonyl (C=O) groups is 1. The minimum absolute atomic E-state index is 0.287. The standard InChI is InChI=1S/C21H17NO3/c1-25-17-8-9-20-18(11-17)19(21(23)24)13-22(20)12-14-6-7-15-4-2-3-5-16(15)10-14/h2-11,13H,12H2,1H3,(H,23,24). The Balaban J connectivity index is 1.81. The molecule has 4 nitrogen and oxygen atoms in total. The Labute approximate surface area is 144 Å². The van der Waals surface area contributed by atoms with Crippen molar-refractivity contribution in [2.75, 3.05) is 7.11 Å². The Hall–Kier alpha value is -3.27. The molecule has 4 rings (SSSR count). The van der Waals surface area contributed by atoms with Gasteiger partial charge in [-0.1, -0.05) is 36.4 Å². The fraction of sp³-hybridized carbons (Fsp3) is 0.0952. The highest BCUT2D eigenvalue weighted by Crippen LogP contribution is 2.27. The quantitative estimate of drug-likeness (QED) is 0.597. The average Bonchev–Trinajstić information content (AvgIpc) is 2.99. The number of methoxy groups -OCH3 is 1. The van der Waals surface area contributed by atoms with Gasteiger partial charge in [-0.15, -0.1) is 0 Å². The first-order valence-electron chi connectivity index (χ1n) is 8.03. The summed E-state index contributed by atoms with van der Waals surface area (Å²) >= 11 is 0. The van der Waals surface area contributed by atoms with E-state index in [0.717, 1.165) is 11.1 Å². The van der Waals surface area contributed by atoms with Gasteiger partial charge in [0.25, 0.3) is 0 Å². The molecule has 1 N–H and O–H groups in total. The van der Waals surface area contributed by atoms with Crippen LogP contribution in [0.1, 0.15) is 15.9 Å². The molecule has 0 fully saturated rings. The molecular weight excluding hydrogens is 314 g/mol. The van der Waals surface area contributed by atoms with E-state index in [2.05, 4.69) is 30.3 Å². The molecular formula is C21H17NO3. The van der Waals surface area contributed by atoms with Gasteiger partial charge >= 0.3 is 5.97 Å². The average molecular weight is 331 g/mol. The van der Waals surface area contributed by atoms with Crippen molar-refractivity contribution in [3.63, 3.8) is 0 Å². The summed E-state index contributed by atoms with van der Waals surface area (Å²) in [5.41, 5.74) is 2.30. The first-order valence-corrected chi connectivity index (χ1v) is 8.03. The normalized spacial score (nSPS) is 11.1. The van der Waals surface area contributed by atoms with E-state index in [0.29, 0.717) is 17.7 Å². The second-order valence-electron chi connectivity index (χ2n) is 6.04. The SMILES string of the molecule is COc1ccc2c(c1)c(C(=O)O)cn2Cc1ccc2ccccc2c1. The summed E-state index contributed by atoms with van der Waals surface area (Å²) in [5, 5.41) is 12.6. The monoisotopic (exact) mass is 331 g/mol. The van der Waals surface area contributed by atoms with Crippen LogP contribution in [-0.4, -0.2) is 22.8 Å². The van der Waals surface area contributed by atoms with E-state index < -0.39 is 5.97 Å². The fourth-order valence-electron chi connectivity index (χ4n) is 3.24. The maximum atomic E-state index is 11.6. The molecule has 4 aromatic rings. The lowest BCUT2D eigenvalue weighted by molar-refractivity contribution is 0.0699. The van der Waals surface area contributed by atoms with Gasteiger partial charge in [-0.3, -0.25) is 0 Å². The van der Waals surface area contributed by atoms with Crippen LogP contribution in [-0.2, 0) is 6.54 Å². The van der Waals surface area contributed by atoms with Crippen LogP contribution in [0.15, 0.2) is 66.9 Å². The summed E-state index contributed by atoms with van der Waals surface area (Å²) in [7, 11) is 1.58. The minimum Gasteiger partial charge on any atom is -0.497 e. The summed E-state index contributed by atoms with van der Waals surface area (Å²) in [5.74, 6) is -0.283. The molecule has 0 saturated heterocycles. The third-order valence-electron chi connectivity index (χ3n) is 4.49. The summed E-state index contributed by atoms with van der Waals surface area (Å²) in [6.07, 6.45) is 1.70. The van der Waals surface area contributed by atoms with Gasteiger partial charge in [-0.05, 0) is 40.6 Å². The summed E-state index contributed by atoms with van der Waals surface area (Å²) < 4.78 is 7.21. The maximum Gasteiger partial charge on any atom is 0.337 e. The Morgan fingerprint density at radius 3 is 2.60 bits per heavy atom. The van der Waals surface area contributed by atoms with E-state index in [-0.39, 0.29) is 5.56 Å². The number of hydrogen-bond donors (Lipinski definition) is 1. The van der Waals surface area contributed by atoms with E-state index in [1.54, 1.807) is 19.4 Å². The van der Waals surface area contributed by atoms with E-state index in [1.165, 1.54) is 10.8 Å². The molecule has 0 bridgehead atoms. The molecule has 0 unspecified atom stereocenters. The van der Waals surface area contributed by atoms with E-state index in [9.17, 15) is 9.90 Å². The lowest BCUT2D eigenvalue weighted by Crippen LogP contribution is -1.99. The highest BCUT2D eigenvalue weighted by Gasteiger charge is 2.15. The molecule has 3 aromatic carbocycles. The zero-order valence-electron chi connectivity index (χ0n) is 13.8. The maximum absolute atomic E-state index is 11.6. The Bertz CT molecular complexity index is 1090. The number of benzene rings is 3. The number of aromatic nitrogens is 1. The third-order valence-corrected chi connectivity index (χ3v) is 4.49. The highest BCUT2D eigenvalue weighted by atomic mass is 16.5. The van der Waals surface area contributed by atoms with Crippen molar-refractivity contribution in [1.29, 1.82) is 0 Å². The van der Waals surface area contributed by atoms with Gasteiger partial charge in [0.1, 0.15) is 5.75 Å². The molecule has 25 heavy (non-hydrogen) atoms. The van der Waals surface area contributed by atoms with Crippen LogP contribution < -0.4 is 4.74 Å². The Kier molecular flexibility index (Phi) is 3.65. The van der Waals surface area contributed by atoms with Gasteiger partial charge in [0.2, 0.25) is 0 Å². The number of aromatic carboxylic acids is 1. The van der Waals surface area contributed by atoms with Crippen molar-refractivity contribution in [1.82, 2.24) is 4.57 Å². The Morgan fingerprint density at radius 1 is 1.04 bits per heavy atom. The molecule has 0 aliphatic heterocycles. The summed E-state index contributed by atoms with van der Waals surface area (Å²) in [4.78, 5) is 11.6. The molecule has 0 spiro atoms. The predicted molar refractivity (Wildman–Crippen MR) is 98.5 cm³/mol. The highest BCUT2D eigenvalue weighted by molar-refractivity contribution is 6.04. The number of fused-ring (bicyclic) bond motifs is 2. The first kappa shape index (κ1) is 15.3. The van der Waals surface area contributed by atoms with Crippen LogP contribution in [0.4, 0.5) is 0 Å². The molecule has 4 heteroatoms. The zero-order chi connectivity index (χ0) is 17.4. The van der Waals surface area contributed by atoms with Crippen molar-refractivity contribution >= 4 is 27.6 Å². The lowest BCUT2D eigenvalue weighted by atomic mass is 10.1. The van der Waals surface area contributed by atoms with Crippen LogP contribution in [0, 0.1) is 0 Å². The van der Waals surface area contributed by atoms with E-state index in [1.807, 2.05) is 28.8 Å². The largest absolute Gasteiger partial charge is 0.497 e.